The van der Waals surface area contributed by atoms with Crippen LogP contribution in [-0.2, 0) is 0 Å². The van der Waals surface area contributed by atoms with Crippen molar-refractivity contribution in [2.75, 3.05) is 5.32 Å². The summed E-state index contributed by atoms with van der Waals surface area (Å²) in [6, 6.07) is 12.8. The van der Waals surface area contributed by atoms with Gasteiger partial charge in [-0.05, 0) is 25.1 Å². The molecule has 19 heavy (non-hydrogen) atoms. The number of fused-ring (bicyclic) bond motifs is 1. The smallest absolute Gasteiger partial charge is 0.274 e. The molecule has 0 spiro atoms. The zero-order valence-corrected chi connectivity index (χ0v) is 10.4. The van der Waals surface area contributed by atoms with Crippen molar-refractivity contribution in [2.24, 2.45) is 0 Å². The average Bonchev–Trinajstić information content (AvgIpc) is 2.79. The van der Waals surface area contributed by atoms with Crippen LogP contribution in [-0.4, -0.2) is 20.5 Å². The third kappa shape index (κ3) is 2.18. The standard InChI is InChI=1S/C14H12N4O/c1-10-9-13-15-8-7-12(18(13)17-10)14(19)16-11-5-3-2-4-6-11/h2-9H,1H3,(H,16,19). The van der Waals surface area contributed by atoms with Crippen LogP contribution in [0.2, 0.25) is 0 Å². The lowest BCUT2D eigenvalue weighted by atomic mass is 10.3. The normalized spacial score (nSPS) is 10.6. The Morgan fingerprint density at radius 1 is 1.21 bits per heavy atom. The highest BCUT2D eigenvalue weighted by Crippen LogP contribution is 2.10. The van der Waals surface area contributed by atoms with Gasteiger partial charge in [0.05, 0.1) is 5.69 Å². The summed E-state index contributed by atoms with van der Waals surface area (Å²) in [6.45, 7) is 1.87. The van der Waals surface area contributed by atoms with Gasteiger partial charge in [-0.2, -0.15) is 5.10 Å². The molecule has 2 heterocycles. The van der Waals surface area contributed by atoms with Crippen molar-refractivity contribution >= 4 is 17.2 Å². The van der Waals surface area contributed by atoms with E-state index in [-0.39, 0.29) is 5.91 Å². The summed E-state index contributed by atoms with van der Waals surface area (Å²) in [5, 5.41) is 7.10. The van der Waals surface area contributed by atoms with Crippen LogP contribution >= 0.6 is 0 Å². The zero-order valence-electron chi connectivity index (χ0n) is 10.4. The lowest BCUT2D eigenvalue weighted by Crippen LogP contribution is -2.16. The minimum Gasteiger partial charge on any atom is -0.321 e. The Kier molecular flexibility index (Phi) is 2.72. The molecule has 0 fully saturated rings. The first-order valence-electron chi connectivity index (χ1n) is 5.92. The van der Waals surface area contributed by atoms with Crippen molar-refractivity contribution in [1.29, 1.82) is 0 Å². The molecule has 5 nitrogen and oxygen atoms in total. The second-order valence-electron chi connectivity index (χ2n) is 4.21. The topological polar surface area (TPSA) is 59.3 Å². The van der Waals surface area contributed by atoms with Crippen molar-refractivity contribution in [1.82, 2.24) is 14.6 Å². The molecule has 0 bridgehead atoms. The molecule has 0 saturated heterocycles. The Bertz CT molecular complexity index is 734. The quantitative estimate of drug-likeness (QED) is 0.761. The van der Waals surface area contributed by atoms with Gasteiger partial charge in [0, 0.05) is 18.0 Å². The lowest BCUT2D eigenvalue weighted by Gasteiger charge is -2.06. The molecule has 0 radical (unpaired) electrons. The van der Waals surface area contributed by atoms with Gasteiger partial charge in [0.1, 0.15) is 5.69 Å². The van der Waals surface area contributed by atoms with Crippen LogP contribution in [0.15, 0.2) is 48.7 Å². The number of hydrogen-bond donors (Lipinski definition) is 1. The number of aryl methyl sites for hydroxylation is 1. The van der Waals surface area contributed by atoms with Crippen LogP contribution < -0.4 is 5.32 Å². The van der Waals surface area contributed by atoms with Gasteiger partial charge in [-0.3, -0.25) is 4.79 Å². The number of nitrogens with one attached hydrogen (secondary N) is 1. The molecule has 0 aliphatic heterocycles. The average molecular weight is 252 g/mol. The second-order valence-corrected chi connectivity index (χ2v) is 4.21. The predicted molar refractivity (Wildman–Crippen MR) is 72.1 cm³/mol. The van der Waals surface area contributed by atoms with Crippen molar-refractivity contribution in [2.45, 2.75) is 6.92 Å². The molecular formula is C14H12N4O. The van der Waals surface area contributed by atoms with E-state index in [0.717, 1.165) is 11.4 Å². The maximum absolute atomic E-state index is 12.2. The third-order valence-corrected chi connectivity index (χ3v) is 2.74. The molecule has 94 valence electrons. The van der Waals surface area contributed by atoms with Crippen LogP contribution in [0, 0.1) is 6.92 Å². The molecule has 0 unspecified atom stereocenters. The molecule has 3 rings (SSSR count). The molecule has 0 saturated carbocycles. The van der Waals surface area contributed by atoms with Crippen LogP contribution in [0.25, 0.3) is 5.65 Å². The third-order valence-electron chi connectivity index (χ3n) is 2.74. The van der Waals surface area contributed by atoms with E-state index in [1.807, 2.05) is 43.3 Å². The fraction of sp³-hybridized carbons (Fsp3) is 0.0714. The van der Waals surface area contributed by atoms with E-state index in [1.165, 1.54) is 0 Å². The summed E-state index contributed by atoms with van der Waals surface area (Å²) in [4.78, 5) is 16.4. The van der Waals surface area contributed by atoms with Gasteiger partial charge < -0.3 is 5.32 Å². The van der Waals surface area contributed by atoms with E-state index in [4.69, 9.17) is 0 Å². The van der Waals surface area contributed by atoms with E-state index in [0.29, 0.717) is 11.3 Å². The first kappa shape index (κ1) is 11.4. The highest BCUT2D eigenvalue weighted by Gasteiger charge is 2.12. The Morgan fingerprint density at radius 2 is 2.00 bits per heavy atom. The number of benzene rings is 1. The van der Waals surface area contributed by atoms with Crippen molar-refractivity contribution in [3.63, 3.8) is 0 Å². The van der Waals surface area contributed by atoms with Crippen LogP contribution in [0.1, 0.15) is 16.2 Å². The molecule has 3 aromatic rings. The van der Waals surface area contributed by atoms with E-state index >= 15 is 0 Å². The predicted octanol–water partition coefficient (Wildman–Crippen LogP) is 2.29. The van der Waals surface area contributed by atoms with Crippen LogP contribution in [0.5, 0.6) is 0 Å². The Balaban J connectivity index is 1.98. The number of para-hydroxylation sites is 1. The summed E-state index contributed by atoms with van der Waals surface area (Å²) < 4.78 is 1.55. The molecule has 0 atom stereocenters. The molecule has 5 heteroatoms. The molecule has 2 aromatic heterocycles. The van der Waals surface area contributed by atoms with Crippen molar-refractivity contribution < 1.29 is 4.79 Å². The summed E-state index contributed by atoms with van der Waals surface area (Å²) in [6.07, 6.45) is 1.61. The number of rotatable bonds is 2. The summed E-state index contributed by atoms with van der Waals surface area (Å²) >= 11 is 0. The Labute approximate surface area is 109 Å². The van der Waals surface area contributed by atoms with Crippen LogP contribution in [0.3, 0.4) is 0 Å². The van der Waals surface area contributed by atoms with Crippen molar-refractivity contribution in [3.8, 4) is 0 Å². The van der Waals surface area contributed by atoms with Gasteiger partial charge in [0.15, 0.2) is 5.65 Å². The summed E-state index contributed by atoms with van der Waals surface area (Å²) in [5.41, 5.74) is 2.70. The number of carbonyl (C=O) groups excluding carboxylic acids is 1. The second kappa shape index (κ2) is 4.53. The monoisotopic (exact) mass is 252 g/mol. The van der Waals surface area contributed by atoms with E-state index in [1.54, 1.807) is 16.8 Å². The Morgan fingerprint density at radius 3 is 2.79 bits per heavy atom. The van der Waals surface area contributed by atoms with Gasteiger partial charge in [-0.1, -0.05) is 18.2 Å². The summed E-state index contributed by atoms with van der Waals surface area (Å²) in [5.74, 6) is -0.207. The number of hydrogen-bond acceptors (Lipinski definition) is 3. The van der Waals surface area contributed by atoms with Gasteiger partial charge in [-0.15, -0.1) is 0 Å². The van der Waals surface area contributed by atoms with Gasteiger partial charge in [0.2, 0.25) is 0 Å². The summed E-state index contributed by atoms with van der Waals surface area (Å²) in [7, 11) is 0. The SMILES string of the molecule is Cc1cc2nccc(C(=O)Nc3ccccc3)n2n1. The highest BCUT2D eigenvalue weighted by molar-refractivity contribution is 6.03. The van der Waals surface area contributed by atoms with E-state index in [2.05, 4.69) is 15.4 Å². The first-order valence-corrected chi connectivity index (χ1v) is 5.92. The Hall–Kier alpha value is -2.69. The number of nitrogens with zero attached hydrogens (tertiary/aromatic N) is 3. The maximum Gasteiger partial charge on any atom is 0.274 e. The van der Waals surface area contributed by atoms with E-state index < -0.39 is 0 Å². The molecule has 1 amide bonds. The minimum atomic E-state index is -0.207. The van der Waals surface area contributed by atoms with Crippen molar-refractivity contribution in [3.05, 3.63) is 60.0 Å². The number of anilines is 1. The van der Waals surface area contributed by atoms with Gasteiger partial charge in [-0.25, -0.2) is 9.50 Å². The zero-order chi connectivity index (χ0) is 13.2. The van der Waals surface area contributed by atoms with E-state index in [9.17, 15) is 4.79 Å². The molecule has 1 aromatic carbocycles. The number of carbonyl (C=O) groups is 1. The lowest BCUT2D eigenvalue weighted by molar-refractivity contribution is 0.102. The molecule has 0 aliphatic rings. The highest BCUT2D eigenvalue weighted by atomic mass is 16.2. The molecular weight excluding hydrogens is 240 g/mol. The maximum atomic E-state index is 12.2. The largest absolute Gasteiger partial charge is 0.321 e. The fourth-order valence-electron chi connectivity index (χ4n) is 1.90. The molecule has 0 aliphatic carbocycles. The van der Waals surface area contributed by atoms with Gasteiger partial charge in [0.25, 0.3) is 5.91 Å². The number of aromatic nitrogens is 3. The minimum absolute atomic E-state index is 0.207. The number of amides is 1. The van der Waals surface area contributed by atoms with Crippen LogP contribution in [0.4, 0.5) is 5.69 Å². The molecule has 1 N–H and O–H groups in total. The van der Waals surface area contributed by atoms with Gasteiger partial charge >= 0.3 is 0 Å². The fourth-order valence-corrected chi connectivity index (χ4v) is 1.90. The first-order chi connectivity index (χ1) is 9.24.